The topological polar surface area (TPSA) is 118 Å². The number of hydrogen-bond acceptors (Lipinski definition) is 5. The van der Waals surface area contributed by atoms with Crippen molar-refractivity contribution in [2.45, 2.75) is 26.3 Å². The zero-order chi connectivity index (χ0) is 25.6. The Labute approximate surface area is 236 Å². The van der Waals surface area contributed by atoms with Gasteiger partial charge in [0.1, 0.15) is 5.84 Å². The van der Waals surface area contributed by atoms with Crippen LogP contribution in [0.4, 0.5) is 11.4 Å². The summed E-state index contributed by atoms with van der Waals surface area (Å²) in [6.07, 6.45) is 0.597. The van der Waals surface area contributed by atoms with Crippen LogP contribution in [-0.4, -0.2) is 56.9 Å². The molecule has 11 heteroatoms. The van der Waals surface area contributed by atoms with Gasteiger partial charge in [-0.05, 0) is 66.1 Å². The van der Waals surface area contributed by atoms with Gasteiger partial charge in [0.2, 0.25) is 10.0 Å². The van der Waals surface area contributed by atoms with Crippen molar-refractivity contribution in [1.29, 1.82) is 10.8 Å². The smallest absolute Gasteiger partial charge is 0.235 e. The van der Waals surface area contributed by atoms with E-state index in [1.54, 1.807) is 11.2 Å². The van der Waals surface area contributed by atoms with Crippen LogP contribution in [0.3, 0.4) is 0 Å². The van der Waals surface area contributed by atoms with E-state index in [-0.39, 0.29) is 42.4 Å². The number of hydrogen-bond donors (Lipinski definition) is 3. The third-order valence-electron chi connectivity index (χ3n) is 7.34. The average Bonchev–Trinajstić information content (AvgIpc) is 3.27. The fourth-order valence-electron chi connectivity index (χ4n) is 5.28. The second kappa shape index (κ2) is 11.4. The molecular weight excluding hydrogens is 543 g/mol. The highest BCUT2D eigenvalue weighted by atomic mass is 35.5. The molecule has 0 amide bonds. The van der Waals surface area contributed by atoms with Crippen LogP contribution in [0.15, 0.2) is 54.6 Å². The van der Waals surface area contributed by atoms with Crippen molar-refractivity contribution >= 4 is 68.7 Å². The molecule has 1 fully saturated rings. The van der Waals surface area contributed by atoms with Crippen molar-refractivity contribution in [2.75, 3.05) is 41.1 Å². The molecule has 3 aromatic carbocycles. The summed E-state index contributed by atoms with van der Waals surface area (Å²) in [5.74, 6) is 0.630. The maximum Gasteiger partial charge on any atom is 0.235 e. The van der Waals surface area contributed by atoms with E-state index in [1.807, 2.05) is 55.5 Å². The first-order valence-electron chi connectivity index (χ1n) is 12.3. The zero-order valence-corrected chi connectivity index (χ0v) is 23.9. The molecular formula is C27H34Cl2N6O2S. The van der Waals surface area contributed by atoms with Crippen LogP contribution < -0.4 is 14.9 Å². The predicted octanol–water partition coefficient (Wildman–Crippen LogP) is 4.54. The molecule has 3 aromatic rings. The fraction of sp³-hybridized carbons (Fsp3) is 0.333. The lowest BCUT2D eigenvalue weighted by Crippen LogP contribution is -2.47. The highest BCUT2D eigenvalue weighted by Gasteiger charge is 2.38. The van der Waals surface area contributed by atoms with E-state index in [0.29, 0.717) is 17.8 Å². The summed E-state index contributed by atoms with van der Waals surface area (Å²) in [4.78, 5) is 4.39. The SMILES string of the molecule is CCS(=O)(=O)N1c2ccc(N3CCN(C(C)=N)CC3)cc2CC1c1ccc2ccc(C(=N)N)cc2c1.Cl.Cl. The van der Waals surface area contributed by atoms with E-state index < -0.39 is 10.0 Å². The molecule has 8 nitrogen and oxygen atoms in total. The van der Waals surface area contributed by atoms with E-state index >= 15 is 0 Å². The minimum atomic E-state index is -3.50. The van der Waals surface area contributed by atoms with Crippen LogP contribution >= 0.6 is 24.8 Å². The molecule has 0 bridgehead atoms. The summed E-state index contributed by atoms with van der Waals surface area (Å²) in [6.45, 7) is 6.79. The number of nitrogens with one attached hydrogen (secondary N) is 2. The lowest BCUT2D eigenvalue weighted by Gasteiger charge is -2.37. The summed E-state index contributed by atoms with van der Waals surface area (Å²) in [7, 11) is -3.50. The van der Waals surface area contributed by atoms with Crippen LogP contribution in [0.2, 0.25) is 0 Å². The highest BCUT2D eigenvalue weighted by molar-refractivity contribution is 7.92. The van der Waals surface area contributed by atoms with Gasteiger partial charge in [0, 0.05) is 43.9 Å². The van der Waals surface area contributed by atoms with Gasteiger partial charge in [-0.3, -0.25) is 15.1 Å². The molecule has 0 aliphatic carbocycles. The van der Waals surface area contributed by atoms with Crippen molar-refractivity contribution in [3.63, 3.8) is 0 Å². The maximum atomic E-state index is 13.3. The number of rotatable bonds is 5. The molecule has 204 valence electrons. The normalized spacial score (nSPS) is 17.0. The molecule has 2 aliphatic rings. The van der Waals surface area contributed by atoms with Crippen LogP contribution in [0.5, 0.6) is 0 Å². The molecule has 4 N–H and O–H groups in total. The quantitative estimate of drug-likeness (QED) is 0.304. The fourth-order valence-corrected chi connectivity index (χ4v) is 6.62. The van der Waals surface area contributed by atoms with Crippen LogP contribution in [-0.2, 0) is 16.4 Å². The van der Waals surface area contributed by atoms with Gasteiger partial charge in [-0.15, -0.1) is 24.8 Å². The van der Waals surface area contributed by atoms with Gasteiger partial charge < -0.3 is 15.5 Å². The number of benzene rings is 3. The van der Waals surface area contributed by atoms with Crippen molar-refractivity contribution in [1.82, 2.24) is 4.90 Å². The summed E-state index contributed by atoms with van der Waals surface area (Å²) >= 11 is 0. The first kappa shape index (κ1) is 29.5. The van der Waals surface area contributed by atoms with Crippen LogP contribution in [0.1, 0.15) is 36.6 Å². The molecule has 1 unspecified atom stereocenters. The lowest BCUT2D eigenvalue weighted by atomic mass is 9.98. The van der Waals surface area contributed by atoms with Gasteiger partial charge in [-0.2, -0.15) is 0 Å². The largest absolute Gasteiger partial charge is 0.384 e. The van der Waals surface area contributed by atoms with Crippen molar-refractivity contribution in [3.8, 4) is 0 Å². The third kappa shape index (κ3) is 5.41. The Balaban J connectivity index is 0.00000200. The number of sulfonamides is 1. The number of nitrogens with two attached hydrogens (primary N) is 1. The molecule has 0 aromatic heterocycles. The van der Waals surface area contributed by atoms with E-state index in [9.17, 15) is 8.42 Å². The van der Waals surface area contributed by atoms with E-state index in [2.05, 4.69) is 15.9 Å². The van der Waals surface area contributed by atoms with Gasteiger partial charge in [0.25, 0.3) is 0 Å². The number of piperazine rings is 1. The predicted molar refractivity (Wildman–Crippen MR) is 161 cm³/mol. The first-order chi connectivity index (χ1) is 17.2. The van der Waals surface area contributed by atoms with Gasteiger partial charge in [-0.25, -0.2) is 8.42 Å². The second-order valence-corrected chi connectivity index (χ2v) is 11.7. The van der Waals surface area contributed by atoms with Crippen molar-refractivity contribution < 1.29 is 8.42 Å². The molecule has 1 atom stereocenters. The Hall–Kier alpha value is -3.01. The van der Waals surface area contributed by atoms with Crippen molar-refractivity contribution in [3.05, 3.63) is 71.3 Å². The van der Waals surface area contributed by atoms with Gasteiger partial charge >= 0.3 is 0 Å². The maximum absolute atomic E-state index is 13.3. The Kier molecular flexibility index (Phi) is 8.86. The Morgan fingerprint density at radius 3 is 2.26 bits per heavy atom. The van der Waals surface area contributed by atoms with Crippen LogP contribution in [0, 0.1) is 10.8 Å². The number of fused-ring (bicyclic) bond motifs is 2. The van der Waals surface area contributed by atoms with Crippen LogP contribution in [0.25, 0.3) is 10.8 Å². The van der Waals surface area contributed by atoms with E-state index in [0.717, 1.165) is 59.5 Å². The summed E-state index contributed by atoms with van der Waals surface area (Å²) < 4.78 is 28.2. The molecule has 2 aliphatic heterocycles. The summed E-state index contributed by atoms with van der Waals surface area (Å²) in [6, 6.07) is 17.5. The lowest BCUT2D eigenvalue weighted by molar-refractivity contribution is 0.382. The standard InChI is InChI=1S/C27H32N6O2S.2ClH/c1-3-36(34,35)33-25-9-8-24(32-12-10-31(11-13-32)18(2)28)16-23(25)17-26(33)20-6-4-19-5-7-21(27(29)30)15-22(19)14-20;;/h4-9,14-16,26,28H,3,10-13,17H2,1-2H3,(H3,29,30);2*1H. The molecule has 2 heterocycles. The molecule has 1 saturated heterocycles. The Morgan fingerprint density at radius 2 is 1.63 bits per heavy atom. The molecule has 5 rings (SSSR count). The summed E-state index contributed by atoms with van der Waals surface area (Å²) in [5.41, 5.74) is 10.1. The number of nitrogens with zero attached hydrogens (tertiary/aromatic N) is 3. The Bertz CT molecular complexity index is 1470. The minimum Gasteiger partial charge on any atom is -0.384 e. The number of anilines is 2. The van der Waals surface area contributed by atoms with Gasteiger partial charge in [-0.1, -0.05) is 24.3 Å². The van der Waals surface area contributed by atoms with E-state index in [1.165, 1.54) is 0 Å². The number of nitrogen functional groups attached to an aromatic ring is 1. The average molecular weight is 578 g/mol. The Morgan fingerprint density at radius 1 is 0.947 bits per heavy atom. The number of halogens is 2. The zero-order valence-electron chi connectivity index (χ0n) is 21.5. The second-order valence-electron chi connectivity index (χ2n) is 9.52. The van der Waals surface area contributed by atoms with Crippen molar-refractivity contribution in [2.24, 2.45) is 5.73 Å². The molecule has 0 radical (unpaired) electrons. The monoisotopic (exact) mass is 576 g/mol. The van der Waals surface area contributed by atoms with Gasteiger partial charge in [0.05, 0.1) is 23.3 Å². The number of amidine groups is 2. The van der Waals surface area contributed by atoms with Gasteiger partial charge in [0.15, 0.2) is 0 Å². The van der Waals surface area contributed by atoms with E-state index in [4.69, 9.17) is 16.6 Å². The summed E-state index contributed by atoms with van der Waals surface area (Å²) in [5, 5.41) is 17.6. The first-order valence-corrected chi connectivity index (χ1v) is 13.9. The molecule has 38 heavy (non-hydrogen) atoms. The molecule has 0 spiro atoms. The molecule has 0 saturated carbocycles. The third-order valence-corrected chi connectivity index (χ3v) is 9.12. The minimum absolute atomic E-state index is 0. The highest BCUT2D eigenvalue weighted by Crippen LogP contribution is 2.44.